The molecule has 0 aromatic heterocycles. The first-order chi connectivity index (χ1) is 10.0. The molecule has 0 aliphatic rings. The Kier molecular flexibility index (Phi) is 11.0. The molecule has 0 heterocycles. The Hall–Kier alpha value is -1.02. The van der Waals surface area contributed by atoms with Gasteiger partial charge in [-0.2, -0.15) is 0 Å². The minimum atomic E-state index is -0.0293. The number of hydrogen-bond donors (Lipinski definition) is 2. The van der Waals surface area contributed by atoms with E-state index in [1.807, 2.05) is 31.2 Å². The summed E-state index contributed by atoms with van der Waals surface area (Å²) < 4.78 is 0. The van der Waals surface area contributed by atoms with Crippen LogP contribution in [0.2, 0.25) is 5.02 Å². The minimum Gasteiger partial charge on any atom is -0.357 e. The Morgan fingerprint density at radius 1 is 1.27 bits per heavy atom. The summed E-state index contributed by atoms with van der Waals surface area (Å²) in [4.78, 5) is 17.3. The molecule has 1 aromatic rings. The average molecular weight is 439 g/mol. The van der Waals surface area contributed by atoms with Gasteiger partial charge in [0.05, 0.1) is 0 Å². The fourth-order valence-electron chi connectivity index (χ4n) is 1.65. The summed E-state index contributed by atoms with van der Waals surface area (Å²) in [5.74, 6) is 0.609. The molecular weight excluding hydrogens is 415 g/mol. The summed E-state index contributed by atoms with van der Waals surface area (Å²) in [5, 5.41) is 7.08. The Labute approximate surface area is 154 Å². The van der Waals surface area contributed by atoms with Crippen molar-refractivity contribution in [3.63, 3.8) is 0 Å². The maximum Gasteiger partial charge on any atom is 0.243 e. The molecule has 0 saturated carbocycles. The van der Waals surface area contributed by atoms with E-state index in [0.29, 0.717) is 12.5 Å². The van der Waals surface area contributed by atoms with E-state index in [4.69, 9.17) is 11.6 Å². The number of guanidine groups is 1. The number of halogens is 2. The quantitative estimate of drug-likeness (QED) is 0.406. The van der Waals surface area contributed by atoms with Crippen molar-refractivity contribution >= 4 is 47.4 Å². The lowest BCUT2D eigenvalue weighted by atomic mass is 10.1. The number of rotatable bonds is 6. The van der Waals surface area contributed by atoms with E-state index in [-0.39, 0.29) is 36.4 Å². The zero-order chi connectivity index (χ0) is 15.7. The topological polar surface area (TPSA) is 56.7 Å². The number of amides is 1. The molecule has 1 rings (SSSR count). The summed E-state index contributed by atoms with van der Waals surface area (Å²) in [6, 6.07) is 7.77. The van der Waals surface area contributed by atoms with Crippen molar-refractivity contribution in [3.05, 3.63) is 34.9 Å². The number of hydrogen-bond acceptors (Lipinski definition) is 2. The standard InChI is InChI=1S/C15H23ClN4O.HI/c1-4-17-15(19-11-14(21)20(2)3)18-10-9-12-7-5-6-8-13(12)16;/h5-8H,4,9-11H2,1-3H3,(H2,17,18,19);1H. The molecule has 0 fully saturated rings. The lowest BCUT2D eigenvalue weighted by Crippen LogP contribution is -2.39. The molecule has 0 aliphatic carbocycles. The summed E-state index contributed by atoms with van der Waals surface area (Å²) in [5.41, 5.74) is 1.09. The fourth-order valence-corrected chi connectivity index (χ4v) is 1.88. The smallest absolute Gasteiger partial charge is 0.243 e. The van der Waals surface area contributed by atoms with Crippen LogP contribution in [0.5, 0.6) is 0 Å². The van der Waals surface area contributed by atoms with E-state index < -0.39 is 0 Å². The number of aliphatic imine (C=N–C) groups is 1. The normalized spacial score (nSPS) is 10.6. The minimum absolute atomic E-state index is 0. The molecule has 2 N–H and O–H groups in total. The van der Waals surface area contributed by atoms with Crippen molar-refractivity contribution in [1.29, 1.82) is 0 Å². The fraction of sp³-hybridized carbons (Fsp3) is 0.467. The summed E-state index contributed by atoms with van der Waals surface area (Å²) in [6.45, 7) is 3.56. The van der Waals surface area contributed by atoms with Gasteiger partial charge in [0.15, 0.2) is 5.96 Å². The van der Waals surface area contributed by atoms with Gasteiger partial charge in [0.25, 0.3) is 0 Å². The van der Waals surface area contributed by atoms with Crippen LogP contribution in [0.15, 0.2) is 29.3 Å². The number of nitrogens with one attached hydrogen (secondary N) is 2. The maximum absolute atomic E-state index is 11.5. The average Bonchev–Trinajstić information content (AvgIpc) is 2.46. The van der Waals surface area contributed by atoms with Gasteiger partial charge >= 0.3 is 0 Å². The molecule has 0 radical (unpaired) electrons. The van der Waals surface area contributed by atoms with Crippen LogP contribution in [0.4, 0.5) is 0 Å². The third-order valence-electron chi connectivity index (χ3n) is 2.86. The third-order valence-corrected chi connectivity index (χ3v) is 3.23. The predicted octanol–water partition coefficient (Wildman–Crippen LogP) is 2.14. The van der Waals surface area contributed by atoms with E-state index in [9.17, 15) is 4.79 Å². The molecule has 0 bridgehead atoms. The summed E-state index contributed by atoms with van der Waals surface area (Å²) >= 11 is 6.11. The largest absolute Gasteiger partial charge is 0.357 e. The molecule has 0 spiro atoms. The van der Waals surface area contributed by atoms with Gasteiger partial charge in [-0.3, -0.25) is 4.79 Å². The number of benzene rings is 1. The Morgan fingerprint density at radius 2 is 1.95 bits per heavy atom. The van der Waals surface area contributed by atoms with Crippen LogP contribution in [0.25, 0.3) is 0 Å². The van der Waals surface area contributed by atoms with Gasteiger partial charge in [0.1, 0.15) is 6.54 Å². The molecule has 0 saturated heterocycles. The number of likely N-dealkylation sites (N-methyl/N-ethyl adjacent to an activating group) is 1. The Bertz CT molecular complexity index is 494. The summed E-state index contributed by atoms with van der Waals surface area (Å²) in [7, 11) is 3.44. The van der Waals surface area contributed by atoms with E-state index in [1.165, 1.54) is 4.90 Å². The highest BCUT2D eigenvalue weighted by Gasteiger charge is 2.04. The Morgan fingerprint density at radius 3 is 2.55 bits per heavy atom. The van der Waals surface area contributed by atoms with Crippen LogP contribution in [0.3, 0.4) is 0 Å². The number of nitrogens with zero attached hydrogens (tertiary/aromatic N) is 2. The molecule has 1 amide bonds. The summed E-state index contributed by atoms with van der Waals surface area (Å²) in [6.07, 6.45) is 0.797. The van der Waals surface area contributed by atoms with Crippen molar-refractivity contribution in [2.75, 3.05) is 33.7 Å². The van der Waals surface area contributed by atoms with Gasteiger partial charge in [-0.15, -0.1) is 24.0 Å². The zero-order valence-corrected chi connectivity index (χ0v) is 16.3. The van der Waals surface area contributed by atoms with Crippen LogP contribution in [-0.4, -0.2) is 50.5 Å². The molecule has 1 aromatic carbocycles. The lowest BCUT2D eigenvalue weighted by molar-refractivity contribution is -0.127. The highest BCUT2D eigenvalue weighted by Crippen LogP contribution is 2.14. The van der Waals surface area contributed by atoms with Crippen LogP contribution in [0, 0.1) is 0 Å². The number of carbonyl (C=O) groups excluding carboxylic acids is 1. The second-order valence-electron chi connectivity index (χ2n) is 4.75. The van der Waals surface area contributed by atoms with Gasteiger partial charge < -0.3 is 15.5 Å². The zero-order valence-electron chi connectivity index (χ0n) is 13.2. The molecule has 22 heavy (non-hydrogen) atoms. The van der Waals surface area contributed by atoms with Crippen molar-refractivity contribution < 1.29 is 4.79 Å². The van der Waals surface area contributed by atoms with Crippen molar-refractivity contribution in [2.24, 2.45) is 4.99 Å². The predicted molar refractivity (Wildman–Crippen MR) is 103 cm³/mol. The Balaban J connectivity index is 0.00000441. The van der Waals surface area contributed by atoms with Gasteiger partial charge in [-0.05, 0) is 25.0 Å². The molecule has 0 unspecified atom stereocenters. The SMILES string of the molecule is CCNC(=NCC(=O)N(C)C)NCCc1ccccc1Cl.I. The highest BCUT2D eigenvalue weighted by molar-refractivity contribution is 14.0. The molecule has 0 atom stereocenters. The van der Waals surface area contributed by atoms with Crippen LogP contribution in [0.1, 0.15) is 12.5 Å². The van der Waals surface area contributed by atoms with Crippen LogP contribution in [-0.2, 0) is 11.2 Å². The van der Waals surface area contributed by atoms with E-state index >= 15 is 0 Å². The van der Waals surface area contributed by atoms with Crippen LogP contribution >= 0.6 is 35.6 Å². The van der Waals surface area contributed by atoms with E-state index in [0.717, 1.165) is 23.6 Å². The molecule has 124 valence electrons. The molecular formula is C15H24ClIN4O. The first kappa shape index (κ1) is 21.0. The first-order valence-corrected chi connectivity index (χ1v) is 7.38. The van der Waals surface area contributed by atoms with Gasteiger partial charge in [0, 0.05) is 32.2 Å². The highest BCUT2D eigenvalue weighted by atomic mass is 127. The van der Waals surface area contributed by atoms with E-state index in [1.54, 1.807) is 14.1 Å². The van der Waals surface area contributed by atoms with Gasteiger partial charge in [0.2, 0.25) is 5.91 Å². The first-order valence-electron chi connectivity index (χ1n) is 7.00. The second kappa shape index (κ2) is 11.5. The molecule has 0 aliphatic heterocycles. The number of carbonyl (C=O) groups is 1. The van der Waals surface area contributed by atoms with Crippen molar-refractivity contribution in [1.82, 2.24) is 15.5 Å². The monoisotopic (exact) mass is 438 g/mol. The lowest BCUT2D eigenvalue weighted by Gasteiger charge is -2.13. The third kappa shape index (κ3) is 7.84. The van der Waals surface area contributed by atoms with Crippen molar-refractivity contribution in [2.45, 2.75) is 13.3 Å². The molecule has 7 heteroatoms. The van der Waals surface area contributed by atoms with E-state index in [2.05, 4.69) is 15.6 Å². The second-order valence-corrected chi connectivity index (χ2v) is 5.16. The van der Waals surface area contributed by atoms with Crippen molar-refractivity contribution in [3.8, 4) is 0 Å². The van der Waals surface area contributed by atoms with Crippen LogP contribution < -0.4 is 10.6 Å². The van der Waals surface area contributed by atoms with Gasteiger partial charge in [-0.25, -0.2) is 4.99 Å². The maximum atomic E-state index is 11.5. The molecule has 5 nitrogen and oxygen atoms in total. The van der Waals surface area contributed by atoms with Gasteiger partial charge in [-0.1, -0.05) is 29.8 Å².